The average Bonchev–Trinajstić information content (AvgIpc) is 3.55. The number of hydrogen-bond acceptors (Lipinski definition) is 3. The van der Waals surface area contributed by atoms with E-state index in [9.17, 15) is 4.79 Å². The van der Waals surface area contributed by atoms with Gasteiger partial charge in [0.05, 0.1) is 30.8 Å². The highest BCUT2D eigenvalue weighted by atomic mass is 35.5. The van der Waals surface area contributed by atoms with E-state index in [4.69, 9.17) is 16.3 Å². The van der Waals surface area contributed by atoms with E-state index in [2.05, 4.69) is 23.2 Å². The molecule has 0 spiro atoms. The van der Waals surface area contributed by atoms with E-state index in [1.165, 1.54) is 24.0 Å². The topological polar surface area (TPSA) is 43.6 Å². The van der Waals surface area contributed by atoms with E-state index in [1.54, 1.807) is 13.4 Å². The number of carbonyl (C=O) groups excluding carboxylic acids is 1. The highest BCUT2D eigenvalue weighted by Crippen LogP contribution is 2.44. The first kappa shape index (κ1) is 21.9. The van der Waals surface area contributed by atoms with Gasteiger partial charge in [-0.15, -0.1) is 0 Å². The smallest absolute Gasteiger partial charge is 0.182 e. The summed E-state index contributed by atoms with van der Waals surface area (Å²) in [6.45, 7) is 4.00. The number of pyridine rings is 1. The number of imidazole rings is 1. The number of ketones is 1. The van der Waals surface area contributed by atoms with Crippen molar-refractivity contribution in [1.29, 1.82) is 0 Å². The van der Waals surface area contributed by atoms with Crippen molar-refractivity contribution in [2.75, 3.05) is 7.11 Å². The maximum atomic E-state index is 13.6. The van der Waals surface area contributed by atoms with Gasteiger partial charge < -0.3 is 4.74 Å². The number of fused-ring (bicyclic) bond motifs is 1. The molecule has 4 nitrogen and oxygen atoms in total. The maximum Gasteiger partial charge on any atom is 0.182 e. The van der Waals surface area contributed by atoms with Crippen molar-refractivity contribution in [3.05, 3.63) is 64.7 Å². The van der Waals surface area contributed by atoms with Gasteiger partial charge >= 0.3 is 0 Å². The Hall–Kier alpha value is -2.33. The molecule has 2 aromatic heterocycles. The molecule has 1 aromatic carbocycles. The van der Waals surface area contributed by atoms with Gasteiger partial charge in [0, 0.05) is 10.9 Å². The summed E-state index contributed by atoms with van der Waals surface area (Å²) in [5.41, 5.74) is 4.25. The minimum atomic E-state index is 0.0776. The molecule has 5 rings (SSSR count). The summed E-state index contributed by atoms with van der Waals surface area (Å²) in [5, 5.41) is 0.762. The van der Waals surface area contributed by atoms with Gasteiger partial charge in [0.2, 0.25) is 0 Å². The Morgan fingerprint density at radius 1 is 1.00 bits per heavy atom. The molecule has 0 atom stereocenters. The standard InChI is InChI=1S/C24H25ClN2O2.C2H6/c1-29-19-9-11-20(22(25)12-19)15-4-6-17(7-5-15)24(28)23-21(16-2-3-16)10-8-18-13-26-14-27(18)23;1-2/h8-17H,2-7H2,1H3;1-2H3. The number of nitrogens with zero attached hydrogens (tertiary/aromatic N) is 2. The van der Waals surface area contributed by atoms with Crippen LogP contribution in [0, 0.1) is 5.92 Å². The second-order valence-electron chi connectivity index (χ2n) is 8.40. The molecular weight excluding hydrogens is 408 g/mol. The quantitative estimate of drug-likeness (QED) is 0.400. The highest BCUT2D eigenvalue weighted by molar-refractivity contribution is 6.31. The Labute approximate surface area is 189 Å². The number of Topliss-reactive ketones (excluding diaryl/α,β-unsaturated/α-hetero) is 1. The van der Waals surface area contributed by atoms with Crippen molar-refractivity contribution in [3.8, 4) is 5.75 Å². The summed E-state index contributed by atoms with van der Waals surface area (Å²) in [4.78, 5) is 17.8. The molecule has 164 valence electrons. The third kappa shape index (κ3) is 4.36. The lowest BCUT2D eigenvalue weighted by Gasteiger charge is -2.29. The predicted octanol–water partition coefficient (Wildman–Crippen LogP) is 7.06. The SMILES string of the molecule is CC.COc1ccc(C2CCC(C(=O)c3c(C4CC4)ccc4cncn34)CC2)c(Cl)c1. The Morgan fingerprint density at radius 3 is 2.29 bits per heavy atom. The second kappa shape index (κ2) is 9.44. The molecule has 0 unspecified atom stereocenters. The minimum Gasteiger partial charge on any atom is -0.497 e. The second-order valence-corrected chi connectivity index (χ2v) is 8.81. The molecule has 0 aliphatic heterocycles. The van der Waals surface area contributed by atoms with Crippen molar-refractivity contribution >= 4 is 22.9 Å². The first-order valence-electron chi connectivity index (χ1n) is 11.5. The lowest BCUT2D eigenvalue weighted by Crippen LogP contribution is -2.24. The van der Waals surface area contributed by atoms with E-state index in [-0.39, 0.29) is 11.7 Å². The fourth-order valence-electron chi connectivity index (χ4n) is 4.82. The van der Waals surface area contributed by atoms with Crippen LogP contribution in [0.5, 0.6) is 5.75 Å². The van der Waals surface area contributed by atoms with Crippen LogP contribution in [0.4, 0.5) is 0 Å². The highest BCUT2D eigenvalue weighted by Gasteiger charge is 2.34. The zero-order chi connectivity index (χ0) is 22.0. The van der Waals surface area contributed by atoms with Crippen molar-refractivity contribution in [1.82, 2.24) is 9.38 Å². The van der Waals surface area contributed by atoms with Crippen LogP contribution in [0.1, 0.15) is 85.8 Å². The zero-order valence-corrected chi connectivity index (χ0v) is 19.4. The molecule has 2 saturated carbocycles. The Bertz CT molecular complexity index is 1060. The third-order valence-corrected chi connectivity index (χ3v) is 6.94. The van der Waals surface area contributed by atoms with Gasteiger partial charge in [0.25, 0.3) is 0 Å². The van der Waals surface area contributed by atoms with E-state index in [1.807, 2.05) is 36.6 Å². The molecule has 0 radical (unpaired) electrons. The fourth-order valence-corrected chi connectivity index (χ4v) is 5.14. The first-order valence-corrected chi connectivity index (χ1v) is 11.9. The van der Waals surface area contributed by atoms with Crippen LogP contribution in [0.3, 0.4) is 0 Å². The van der Waals surface area contributed by atoms with Gasteiger partial charge in [-0.2, -0.15) is 0 Å². The van der Waals surface area contributed by atoms with Gasteiger partial charge in [0.1, 0.15) is 5.75 Å². The summed E-state index contributed by atoms with van der Waals surface area (Å²) < 4.78 is 7.26. The molecule has 2 heterocycles. The molecule has 0 bridgehead atoms. The molecule has 0 saturated heterocycles. The van der Waals surface area contributed by atoms with Crippen LogP contribution in [0.25, 0.3) is 5.52 Å². The number of carbonyl (C=O) groups is 1. The van der Waals surface area contributed by atoms with Gasteiger partial charge in [-0.3, -0.25) is 9.20 Å². The van der Waals surface area contributed by atoms with Crippen LogP contribution in [-0.4, -0.2) is 22.3 Å². The number of ether oxygens (including phenoxy) is 1. The fraction of sp³-hybridized carbons (Fsp3) is 0.462. The van der Waals surface area contributed by atoms with Crippen LogP contribution in [-0.2, 0) is 0 Å². The number of hydrogen-bond donors (Lipinski definition) is 0. The maximum absolute atomic E-state index is 13.6. The molecular formula is C26H31ClN2O2. The van der Waals surface area contributed by atoms with Crippen LogP contribution in [0.2, 0.25) is 5.02 Å². The Kier molecular flexibility index (Phi) is 6.66. The van der Waals surface area contributed by atoms with Gasteiger partial charge in [-0.1, -0.05) is 37.6 Å². The molecule has 2 aliphatic carbocycles. The van der Waals surface area contributed by atoms with Gasteiger partial charge in [-0.25, -0.2) is 4.98 Å². The number of methoxy groups -OCH3 is 1. The van der Waals surface area contributed by atoms with Crippen LogP contribution in [0.15, 0.2) is 42.9 Å². The van der Waals surface area contributed by atoms with Crippen molar-refractivity contribution in [2.45, 2.75) is 64.2 Å². The summed E-state index contributed by atoms with van der Waals surface area (Å²) in [6, 6.07) is 10.2. The van der Waals surface area contributed by atoms with Crippen molar-refractivity contribution in [3.63, 3.8) is 0 Å². The van der Waals surface area contributed by atoms with Crippen LogP contribution < -0.4 is 4.74 Å². The van der Waals surface area contributed by atoms with Gasteiger partial charge in [-0.05, 0) is 79.7 Å². The number of benzene rings is 1. The monoisotopic (exact) mass is 438 g/mol. The summed E-state index contributed by atoms with van der Waals surface area (Å²) >= 11 is 6.49. The normalized spacial score (nSPS) is 20.8. The lowest BCUT2D eigenvalue weighted by molar-refractivity contribution is 0.0876. The molecule has 31 heavy (non-hydrogen) atoms. The largest absolute Gasteiger partial charge is 0.497 e. The van der Waals surface area contributed by atoms with Gasteiger partial charge in [0.15, 0.2) is 5.78 Å². The number of aromatic nitrogens is 2. The Balaban J connectivity index is 0.00000112. The lowest BCUT2D eigenvalue weighted by atomic mass is 9.76. The molecule has 5 heteroatoms. The molecule has 2 aliphatic rings. The van der Waals surface area contributed by atoms with E-state index >= 15 is 0 Å². The molecule has 0 amide bonds. The summed E-state index contributed by atoms with van der Waals surface area (Å²) in [5.74, 6) is 2.09. The third-order valence-electron chi connectivity index (χ3n) is 6.61. The number of halogens is 1. The van der Waals surface area contributed by atoms with Crippen molar-refractivity contribution in [2.24, 2.45) is 5.92 Å². The van der Waals surface area contributed by atoms with E-state index < -0.39 is 0 Å². The Morgan fingerprint density at radius 2 is 1.65 bits per heavy atom. The number of rotatable bonds is 5. The zero-order valence-electron chi connectivity index (χ0n) is 18.6. The van der Waals surface area contributed by atoms with Crippen LogP contribution >= 0.6 is 11.6 Å². The predicted molar refractivity (Wildman–Crippen MR) is 126 cm³/mol. The molecule has 3 aromatic rings. The molecule has 2 fully saturated rings. The average molecular weight is 439 g/mol. The van der Waals surface area contributed by atoms with E-state index in [0.29, 0.717) is 11.8 Å². The van der Waals surface area contributed by atoms with E-state index in [0.717, 1.165) is 47.7 Å². The minimum absolute atomic E-state index is 0.0776. The summed E-state index contributed by atoms with van der Waals surface area (Å²) in [6.07, 6.45) is 9.77. The first-order chi connectivity index (χ1) is 15.2. The summed E-state index contributed by atoms with van der Waals surface area (Å²) in [7, 11) is 1.65. The van der Waals surface area contributed by atoms with Crippen molar-refractivity contribution < 1.29 is 9.53 Å². The molecule has 0 N–H and O–H groups in total.